The number of carbonyl (C=O) groups is 1. The Hall–Kier alpha value is -3.63. The minimum atomic E-state index is -3.85. The van der Waals surface area contributed by atoms with Gasteiger partial charge in [-0.2, -0.15) is 0 Å². The van der Waals surface area contributed by atoms with Crippen LogP contribution in [0.15, 0.2) is 76.7 Å². The molecule has 0 radical (unpaired) electrons. The molecule has 1 saturated carbocycles. The van der Waals surface area contributed by atoms with Gasteiger partial charge in [-0.05, 0) is 80.5 Å². The molecule has 2 aromatic carbocycles. The largest absolute Gasteiger partial charge is 0.375 e. The van der Waals surface area contributed by atoms with Crippen LogP contribution >= 0.6 is 0 Å². The maximum Gasteiger partial charge on any atom is 0.264 e. The van der Waals surface area contributed by atoms with Crippen molar-refractivity contribution in [1.82, 2.24) is 9.71 Å². The molecule has 1 N–H and O–H groups in total. The smallest absolute Gasteiger partial charge is 0.264 e. The van der Waals surface area contributed by atoms with Crippen molar-refractivity contribution in [2.24, 2.45) is 10.9 Å². The number of aromatic nitrogens is 1. The molecule has 1 aliphatic carbocycles. The number of anilines is 1. The first-order valence-corrected chi connectivity index (χ1v) is 15.7. The molecule has 3 heterocycles. The number of benzene rings is 2. The lowest BCUT2D eigenvalue weighted by Crippen LogP contribution is -2.41. The number of fused-ring (bicyclic) bond motifs is 1. The highest BCUT2D eigenvalue weighted by molar-refractivity contribution is 7.90. The summed E-state index contributed by atoms with van der Waals surface area (Å²) in [6.45, 7) is 1.69. The van der Waals surface area contributed by atoms with Crippen LogP contribution in [0.25, 0.3) is 0 Å². The molecule has 1 saturated heterocycles. The molecule has 41 heavy (non-hydrogen) atoms. The summed E-state index contributed by atoms with van der Waals surface area (Å²) < 4.78 is 47.1. The molecule has 1 aromatic heterocycles. The number of halogens is 1. The lowest BCUT2D eigenvalue weighted by molar-refractivity contribution is -0.125. The third-order valence-electron chi connectivity index (χ3n) is 8.23. The van der Waals surface area contributed by atoms with Crippen LogP contribution in [0.2, 0.25) is 0 Å². The van der Waals surface area contributed by atoms with E-state index in [1.165, 1.54) is 24.3 Å². The second-order valence-electron chi connectivity index (χ2n) is 11.0. The Kier molecular flexibility index (Phi) is 7.86. The predicted molar refractivity (Wildman–Crippen MR) is 154 cm³/mol. The summed E-state index contributed by atoms with van der Waals surface area (Å²) in [5.41, 5.74) is 3.58. The van der Waals surface area contributed by atoms with Gasteiger partial charge in [0.25, 0.3) is 10.0 Å². The zero-order chi connectivity index (χ0) is 28.4. The quantitative estimate of drug-likeness (QED) is 0.427. The summed E-state index contributed by atoms with van der Waals surface area (Å²) in [5.74, 6) is -0.111. The van der Waals surface area contributed by atoms with Gasteiger partial charge in [0.2, 0.25) is 5.91 Å². The van der Waals surface area contributed by atoms with E-state index in [9.17, 15) is 17.6 Å². The van der Waals surface area contributed by atoms with Crippen molar-refractivity contribution in [2.75, 3.05) is 18.0 Å². The highest BCUT2D eigenvalue weighted by atomic mass is 32.2. The van der Waals surface area contributed by atoms with E-state index in [0.717, 1.165) is 61.4 Å². The summed E-state index contributed by atoms with van der Waals surface area (Å²) in [7, 11) is -3.85. The minimum absolute atomic E-state index is 0.0866. The monoisotopic (exact) mass is 576 g/mol. The summed E-state index contributed by atoms with van der Waals surface area (Å²) >= 11 is 0. The molecule has 3 aromatic rings. The molecule has 2 aliphatic heterocycles. The molecular weight excluding hydrogens is 543 g/mol. The molecule has 0 spiro atoms. The first kappa shape index (κ1) is 27.5. The fraction of sp³-hybridized carbons (Fsp3) is 0.387. The molecule has 214 valence electrons. The SMILES string of the molecule is O=C(NS(=O)(=O)c1ccccc1)C1CCC(OC2CCN(c3ccc(C4=Nc5cc(F)ccc5C4)cn3)CC2)CC1. The highest BCUT2D eigenvalue weighted by Gasteiger charge is 2.31. The lowest BCUT2D eigenvalue weighted by atomic mass is 9.87. The fourth-order valence-electron chi connectivity index (χ4n) is 5.89. The Bertz CT molecular complexity index is 1530. The standard InChI is InChI=1S/C31H33FN4O4S/c32-24-10-6-22-18-28(34-29(22)19-24)23-9-13-30(33-20-23)36-16-14-26(15-17-36)40-25-11-7-21(8-12-25)31(37)35-41(38,39)27-4-2-1-3-5-27/h1-6,9-10,13,19-21,25-26H,7-8,11-12,14-18H2,(H,35,37). The average molecular weight is 577 g/mol. The van der Waals surface area contributed by atoms with Crippen LogP contribution in [0.5, 0.6) is 0 Å². The number of hydrogen-bond acceptors (Lipinski definition) is 7. The van der Waals surface area contributed by atoms with Crippen LogP contribution in [-0.2, 0) is 26.0 Å². The Balaban J connectivity index is 0.946. The van der Waals surface area contributed by atoms with Gasteiger partial charge >= 0.3 is 0 Å². The van der Waals surface area contributed by atoms with Crippen LogP contribution in [0.1, 0.15) is 49.7 Å². The topological polar surface area (TPSA) is 101 Å². The molecule has 0 unspecified atom stereocenters. The summed E-state index contributed by atoms with van der Waals surface area (Å²) in [6, 6.07) is 16.7. The van der Waals surface area contributed by atoms with Gasteiger partial charge in [0.1, 0.15) is 11.6 Å². The van der Waals surface area contributed by atoms with Crippen LogP contribution in [0.4, 0.5) is 15.9 Å². The van der Waals surface area contributed by atoms with E-state index in [4.69, 9.17) is 4.74 Å². The molecule has 0 atom stereocenters. The number of sulfonamides is 1. The van der Waals surface area contributed by atoms with E-state index in [1.54, 1.807) is 24.3 Å². The van der Waals surface area contributed by atoms with Gasteiger partial charge in [0.15, 0.2) is 0 Å². The molecule has 1 amide bonds. The average Bonchev–Trinajstić information content (AvgIpc) is 3.42. The van der Waals surface area contributed by atoms with Crippen molar-refractivity contribution < 1.29 is 22.3 Å². The van der Waals surface area contributed by atoms with E-state index < -0.39 is 15.9 Å². The molecular formula is C31H33FN4O4S. The zero-order valence-corrected chi connectivity index (χ0v) is 23.5. The normalized spacial score (nSPS) is 21.3. The Labute approximate surface area is 239 Å². The fourth-order valence-corrected chi connectivity index (χ4v) is 6.96. The van der Waals surface area contributed by atoms with Crippen LogP contribution in [-0.4, -0.2) is 50.3 Å². The lowest BCUT2D eigenvalue weighted by Gasteiger charge is -2.36. The Morgan fingerprint density at radius 1 is 0.927 bits per heavy atom. The molecule has 0 bridgehead atoms. The van der Waals surface area contributed by atoms with Gasteiger partial charge in [0, 0.05) is 37.2 Å². The van der Waals surface area contributed by atoms with E-state index in [0.29, 0.717) is 24.9 Å². The second kappa shape index (κ2) is 11.7. The first-order valence-electron chi connectivity index (χ1n) is 14.2. The van der Waals surface area contributed by atoms with Crippen LogP contribution < -0.4 is 9.62 Å². The minimum Gasteiger partial charge on any atom is -0.375 e. The number of piperidine rings is 1. The molecule has 6 rings (SSSR count). The predicted octanol–water partition coefficient (Wildman–Crippen LogP) is 4.95. The zero-order valence-electron chi connectivity index (χ0n) is 22.7. The molecule has 8 nitrogen and oxygen atoms in total. The van der Waals surface area contributed by atoms with Gasteiger partial charge in [-0.3, -0.25) is 9.79 Å². The number of carbonyl (C=O) groups excluding carboxylic acids is 1. The third kappa shape index (κ3) is 6.33. The molecule has 10 heteroatoms. The number of pyridine rings is 1. The molecule has 3 aliphatic rings. The van der Waals surface area contributed by atoms with Crippen LogP contribution in [0.3, 0.4) is 0 Å². The number of hydrogen-bond donors (Lipinski definition) is 1. The Morgan fingerprint density at radius 2 is 1.66 bits per heavy atom. The van der Waals surface area contributed by atoms with Crippen molar-refractivity contribution in [3.05, 3.63) is 83.8 Å². The van der Waals surface area contributed by atoms with Crippen molar-refractivity contribution >= 4 is 33.1 Å². The van der Waals surface area contributed by atoms with E-state index >= 15 is 0 Å². The van der Waals surface area contributed by atoms with Gasteiger partial charge < -0.3 is 9.64 Å². The number of rotatable bonds is 7. The van der Waals surface area contributed by atoms with Gasteiger partial charge in [-0.15, -0.1) is 0 Å². The van der Waals surface area contributed by atoms with Gasteiger partial charge in [0.05, 0.1) is 28.5 Å². The van der Waals surface area contributed by atoms with Gasteiger partial charge in [-0.1, -0.05) is 24.3 Å². The number of nitrogens with zero attached hydrogens (tertiary/aromatic N) is 3. The van der Waals surface area contributed by atoms with Crippen molar-refractivity contribution in [2.45, 2.75) is 62.0 Å². The van der Waals surface area contributed by atoms with Gasteiger partial charge in [-0.25, -0.2) is 22.5 Å². The number of amides is 1. The van der Waals surface area contributed by atoms with E-state index in [2.05, 4.69) is 19.6 Å². The maximum absolute atomic E-state index is 13.5. The van der Waals surface area contributed by atoms with E-state index in [1.807, 2.05) is 18.3 Å². The Morgan fingerprint density at radius 3 is 2.37 bits per heavy atom. The summed E-state index contributed by atoms with van der Waals surface area (Å²) in [5, 5.41) is 0. The maximum atomic E-state index is 13.5. The van der Waals surface area contributed by atoms with E-state index in [-0.39, 0.29) is 28.8 Å². The highest BCUT2D eigenvalue weighted by Crippen LogP contribution is 2.31. The number of aliphatic imine (C=N–C) groups is 1. The molecule has 2 fully saturated rings. The van der Waals surface area contributed by atoms with Crippen molar-refractivity contribution in [1.29, 1.82) is 0 Å². The van der Waals surface area contributed by atoms with Crippen molar-refractivity contribution in [3.63, 3.8) is 0 Å². The first-order chi connectivity index (χ1) is 19.8. The number of ether oxygens (including phenoxy) is 1. The summed E-state index contributed by atoms with van der Waals surface area (Å²) in [4.78, 5) is 24.3. The van der Waals surface area contributed by atoms with Crippen molar-refractivity contribution in [3.8, 4) is 0 Å². The summed E-state index contributed by atoms with van der Waals surface area (Å²) in [6.07, 6.45) is 7.27. The number of nitrogens with one attached hydrogen (secondary N) is 1. The van der Waals surface area contributed by atoms with Crippen LogP contribution in [0, 0.1) is 11.7 Å². The third-order valence-corrected chi connectivity index (χ3v) is 9.59. The second-order valence-corrected chi connectivity index (χ2v) is 12.7.